The molecule has 8 heteroatoms. The predicted molar refractivity (Wildman–Crippen MR) is 112 cm³/mol. The smallest absolute Gasteiger partial charge is 0.185 e. The van der Waals surface area contributed by atoms with E-state index in [1.807, 2.05) is 6.92 Å². The van der Waals surface area contributed by atoms with Crippen molar-refractivity contribution in [1.82, 2.24) is 0 Å². The van der Waals surface area contributed by atoms with E-state index in [1.165, 1.54) is 0 Å². The molecule has 25 heavy (non-hydrogen) atoms. The number of rotatable bonds is 13. The lowest BCUT2D eigenvalue weighted by molar-refractivity contribution is -0.107. The van der Waals surface area contributed by atoms with E-state index in [0.717, 1.165) is 24.0 Å². The van der Waals surface area contributed by atoms with Crippen molar-refractivity contribution >= 4 is 45.2 Å². The number of halogens is 2. The van der Waals surface area contributed by atoms with Gasteiger partial charge in [0.2, 0.25) is 0 Å². The van der Waals surface area contributed by atoms with Gasteiger partial charge in [0.25, 0.3) is 0 Å². The molecule has 0 aromatic heterocycles. The van der Waals surface area contributed by atoms with E-state index in [2.05, 4.69) is 51.2 Å². The van der Waals surface area contributed by atoms with E-state index >= 15 is 0 Å². The molecule has 0 bridgehead atoms. The molecule has 0 heterocycles. The molecule has 0 N–H and O–H groups in total. The fraction of sp³-hybridized carbons (Fsp3) is 0.647. The van der Waals surface area contributed by atoms with Crippen LogP contribution in [0.25, 0.3) is 0 Å². The zero-order chi connectivity index (χ0) is 18.7. The molecule has 0 radical (unpaired) electrons. The van der Waals surface area contributed by atoms with Gasteiger partial charge in [-0.3, -0.25) is 0 Å². The maximum atomic E-state index is 5.94. The predicted octanol–water partition coefficient (Wildman–Crippen LogP) is 3.55. The summed E-state index contributed by atoms with van der Waals surface area (Å²) in [6, 6.07) is 2.07. The first-order valence-electron chi connectivity index (χ1n) is 7.88. The summed E-state index contributed by atoms with van der Waals surface area (Å²) in [5.41, 5.74) is 2.06. The van der Waals surface area contributed by atoms with E-state index in [0.29, 0.717) is 39.6 Å². The highest BCUT2D eigenvalue weighted by atomic mass is 127. The third-order valence-electron chi connectivity index (χ3n) is 3.34. The van der Waals surface area contributed by atoms with Gasteiger partial charge < -0.3 is 28.4 Å². The van der Waals surface area contributed by atoms with Crippen LogP contribution in [0.4, 0.5) is 0 Å². The summed E-state index contributed by atoms with van der Waals surface area (Å²) < 4.78 is 34.6. The molecule has 0 aliphatic rings. The topological polar surface area (TPSA) is 55.4 Å². The van der Waals surface area contributed by atoms with Gasteiger partial charge in [-0.25, -0.2) is 0 Å². The summed E-state index contributed by atoms with van der Waals surface area (Å²) in [7, 11) is 4.91. The molecule has 0 aliphatic heterocycles. The molecule has 0 spiro atoms. The second-order valence-electron chi connectivity index (χ2n) is 5.10. The molecule has 6 nitrogen and oxygen atoms in total. The van der Waals surface area contributed by atoms with E-state index in [1.54, 1.807) is 21.3 Å². The first kappa shape index (κ1) is 23.3. The second-order valence-corrected chi connectivity index (χ2v) is 7.34. The van der Waals surface area contributed by atoms with Crippen molar-refractivity contribution in [2.24, 2.45) is 0 Å². The zero-order valence-corrected chi connectivity index (χ0v) is 19.4. The Morgan fingerprint density at radius 3 is 2.00 bits per heavy atom. The Morgan fingerprint density at radius 2 is 1.44 bits per heavy atom. The maximum absolute atomic E-state index is 5.94. The normalized spacial score (nSPS) is 11.3. The molecule has 0 fully saturated rings. The number of hydrogen-bond acceptors (Lipinski definition) is 6. The van der Waals surface area contributed by atoms with Crippen LogP contribution in [0.2, 0.25) is 0 Å². The molecule has 0 aliphatic carbocycles. The van der Waals surface area contributed by atoms with E-state index in [4.69, 9.17) is 28.4 Å². The minimum Gasteiger partial charge on any atom is -0.490 e. The van der Waals surface area contributed by atoms with Gasteiger partial charge in [-0.1, -0.05) is 0 Å². The summed E-state index contributed by atoms with van der Waals surface area (Å²) in [6.45, 7) is 5.28. The maximum Gasteiger partial charge on any atom is 0.185 e. The molecule has 1 aromatic rings. The summed E-state index contributed by atoms with van der Waals surface area (Å²) >= 11 is 4.57. The van der Waals surface area contributed by atoms with E-state index < -0.39 is 6.29 Å². The number of aryl methyl sites for hydroxylation is 1. The zero-order valence-electron chi connectivity index (χ0n) is 15.1. The average Bonchev–Trinajstić information content (AvgIpc) is 2.59. The highest BCUT2D eigenvalue weighted by Crippen LogP contribution is 2.36. The number of methoxy groups -OCH3 is 3. The van der Waals surface area contributed by atoms with Crippen molar-refractivity contribution in [3.05, 3.63) is 24.3 Å². The van der Waals surface area contributed by atoms with Gasteiger partial charge in [0, 0.05) is 30.5 Å². The number of hydrogen-bond donors (Lipinski definition) is 0. The third kappa shape index (κ3) is 7.81. The standard InChI is InChI=1S/C17H26I2O6/c1-12-11-13(18)14(17(21-3)22-4)15(19)16(12)25-10-9-24-8-7-23-6-5-20-2/h11,17H,5-10H2,1-4H3. The molecular weight excluding hydrogens is 554 g/mol. The number of benzene rings is 1. The molecule has 0 saturated heterocycles. The lowest BCUT2D eigenvalue weighted by atomic mass is 10.1. The van der Waals surface area contributed by atoms with Gasteiger partial charge >= 0.3 is 0 Å². The minimum absolute atomic E-state index is 0.415. The Labute approximate surface area is 177 Å². The minimum atomic E-state index is -0.415. The fourth-order valence-electron chi connectivity index (χ4n) is 2.13. The largest absolute Gasteiger partial charge is 0.490 e. The van der Waals surface area contributed by atoms with Gasteiger partial charge in [0.05, 0.1) is 36.6 Å². The Morgan fingerprint density at radius 1 is 0.880 bits per heavy atom. The Balaban J connectivity index is 2.52. The highest BCUT2D eigenvalue weighted by molar-refractivity contribution is 14.1. The molecule has 0 saturated carbocycles. The monoisotopic (exact) mass is 580 g/mol. The summed E-state index contributed by atoms with van der Waals surface area (Å²) in [4.78, 5) is 0. The van der Waals surface area contributed by atoms with Gasteiger partial charge in [0.15, 0.2) is 6.29 Å². The fourth-order valence-corrected chi connectivity index (χ4v) is 4.76. The van der Waals surface area contributed by atoms with Crippen LogP contribution in [-0.4, -0.2) is 61.0 Å². The molecule has 144 valence electrons. The molecule has 0 atom stereocenters. The van der Waals surface area contributed by atoms with Crippen LogP contribution in [0, 0.1) is 14.1 Å². The van der Waals surface area contributed by atoms with Crippen LogP contribution < -0.4 is 4.74 Å². The Kier molecular flexibility index (Phi) is 12.5. The van der Waals surface area contributed by atoms with E-state index in [9.17, 15) is 0 Å². The SMILES string of the molecule is COCCOCCOCCOc1c(C)cc(I)c(C(OC)OC)c1I. The van der Waals surface area contributed by atoms with E-state index in [-0.39, 0.29) is 0 Å². The van der Waals surface area contributed by atoms with Crippen LogP contribution in [0.3, 0.4) is 0 Å². The van der Waals surface area contributed by atoms with Crippen LogP contribution in [0.5, 0.6) is 5.75 Å². The Bertz CT molecular complexity index is 508. The van der Waals surface area contributed by atoms with Crippen molar-refractivity contribution in [2.75, 3.05) is 61.0 Å². The van der Waals surface area contributed by atoms with Crippen LogP contribution >= 0.6 is 45.2 Å². The van der Waals surface area contributed by atoms with Gasteiger partial charge in [-0.05, 0) is 63.7 Å². The van der Waals surface area contributed by atoms with Crippen LogP contribution in [0.15, 0.2) is 6.07 Å². The second kappa shape index (κ2) is 13.4. The van der Waals surface area contributed by atoms with Crippen molar-refractivity contribution in [3.8, 4) is 5.75 Å². The van der Waals surface area contributed by atoms with Crippen molar-refractivity contribution in [1.29, 1.82) is 0 Å². The van der Waals surface area contributed by atoms with Crippen molar-refractivity contribution in [3.63, 3.8) is 0 Å². The van der Waals surface area contributed by atoms with Crippen LogP contribution in [-0.2, 0) is 23.7 Å². The number of ether oxygens (including phenoxy) is 6. The quantitative estimate of drug-likeness (QED) is 0.202. The highest BCUT2D eigenvalue weighted by Gasteiger charge is 2.21. The Hall–Kier alpha value is 0.280. The van der Waals surface area contributed by atoms with Crippen molar-refractivity contribution in [2.45, 2.75) is 13.2 Å². The first-order chi connectivity index (χ1) is 12.1. The lowest BCUT2D eigenvalue weighted by Gasteiger charge is -2.21. The summed E-state index contributed by atoms with van der Waals surface area (Å²) in [5, 5.41) is 0. The first-order valence-corrected chi connectivity index (χ1v) is 10.0. The van der Waals surface area contributed by atoms with Crippen LogP contribution in [0.1, 0.15) is 17.4 Å². The molecule has 0 unspecified atom stereocenters. The average molecular weight is 580 g/mol. The van der Waals surface area contributed by atoms with Gasteiger partial charge in [-0.2, -0.15) is 0 Å². The van der Waals surface area contributed by atoms with Gasteiger partial charge in [0.1, 0.15) is 12.4 Å². The summed E-state index contributed by atoms with van der Waals surface area (Å²) in [6.07, 6.45) is -0.415. The molecular formula is C17H26I2O6. The third-order valence-corrected chi connectivity index (χ3v) is 5.30. The lowest BCUT2D eigenvalue weighted by Crippen LogP contribution is -2.14. The summed E-state index contributed by atoms with van der Waals surface area (Å²) in [5.74, 6) is 0.843. The molecule has 0 amide bonds. The molecule has 1 aromatic carbocycles. The van der Waals surface area contributed by atoms with Crippen molar-refractivity contribution < 1.29 is 28.4 Å². The molecule has 1 rings (SSSR count). The van der Waals surface area contributed by atoms with Gasteiger partial charge in [-0.15, -0.1) is 0 Å².